The van der Waals surface area contributed by atoms with E-state index in [1.165, 1.54) is 35.6 Å². The van der Waals surface area contributed by atoms with Gasteiger partial charge in [0.15, 0.2) is 4.80 Å². The maximum atomic E-state index is 12.6. The van der Waals surface area contributed by atoms with Crippen LogP contribution in [0.15, 0.2) is 47.5 Å². The highest BCUT2D eigenvalue weighted by atomic mass is 35.5. The number of nitrogens with zero attached hydrogens (tertiary/aromatic N) is 3. The Balaban J connectivity index is 2.08. The predicted molar refractivity (Wildman–Crippen MR) is 104 cm³/mol. The summed E-state index contributed by atoms with van der Waals surface area (Å²) in [6.45, 7) is 3.42. The number of hydrogen-bond acceptors (Lipinski definition) is 5. The number of halogens is 1. The highest BCUT2D eigenvalue weighted by molar-refractivity contribution is 7.16. The largest absolute Gasteiger partial charge is 0.380 e. The molecule has 2 aromatic carbocycles. The quantitative estimate of drug-likeness (QED) is 0.352. The topological polar surface area (TPSA) is 86.7 Å². The fraction of sp³-hybridized carbons (Fsp3) is 0.222. The van der Waals surface area contributed by atoms with E-state index in [4.69, 9.17) is 16.3 Å². The number of non-ortho nitro benzene ring substituents is 1. The van der Waals surface area contributed by atoms with Crippen molar-refractivity contribution in [2.24, 2.45) is 4.99 Å². The molecule has 0 fully saturated rings. The number of carbonyl (C=O) groups excluding carboxylic acids is 1. The lowest BCUT2D eigenvalue weighted by molar-refractivity contribution is -0.384. The minimum Gasteiger partial charge on any atom is -0.380 e. The van der Waals surface area contributed by atoms with Crippen LogP contribution in [0.1, 0.15) is 17.3 Å². The van der Waals surface area contributed by atoms with Gasteiger partial charge in [0, 0.05) is 30.8 Å². The number of carbonyl (C=O) groups is 1. The normalized spacial score (nSPS) is 11.9. The zero-order chi connectivity index (χ0) is 19.4. The van der Waals surface area contributed by atoms with Gasteiger partial charge in [-0.2, -0.15) is 4.99 Å². The molecule has 0 saturated carbocycles. The van der Waals surface area contributed by atoms with E-state index >= 15 is 0 Å². The Kier molecular flexibility index (Phi) is 6.00. The van der Waals surface area contributed by atoms with E-state index in [0.29, 0.717) is 29.6 Å². The zero-order valence-electron chi connectivity index (χ0n) is 14.4. The molecule has 27 heavy (non-hydrogen) atoms. The van der Waals surface area contributed by atoms with Crippen LogP contribution in [-0.2, 0) is 11.3 Å². The number of nitro benzene ring substituents is 1. The maximum Gasteiger partial charge on any atom is 0.279 e. The number of fused-ring (bicyclic) bond motifs is 1. The van der Waals surface area contributed by atoms with Crippen molar-refractivity contribution in [3.63, 3.8) is 0 Å². The average molecular weight is 406 g/mol. The first kappa shape index (κ1) is 19.2. The highest BCUT2D eigenvalue weighted by Gasteiger charge is 2.14. The molecule has 0 aliphatic heterocycles. The van der Waals surface area contributed by atoms with Gasteiger partial charge in [0.1, 0.15) is 0 Å². The van der Waals surface area contributed by atoms with E-state index in [1.807, 2.05) is 23.6 Å². The maximum absolute atomic E-state index is 12.6. The van der Waals surface area contributed by atoms with E-state index in [2.05, 4.69) is 4.99 Å². The summed E-state index contributed by atoms with van der Waals surface area (Å²) in [5.41, 5.74) is 0.790. The van der Waals surface area contributed by atoms with Crippen molar-refractivity contribution in [3.8, 4) is 0 Å². The molecule has 0 bridgehead atoms. The molecule has 0 radical (unpaired) electrons. The molecule has 0 aliphatic rings. The molecule has 7 nitrogen and oxygen atoms in total. The molecule has 9 heteroatoms. The molecule has 1 amide bonds. The van der Waals surface area contributed by atoms with Gasteiger partial charge in [0.25, 0.3) is 11.6 Å². The number of ether oxygens (including phenoxy) is 1. The summed E-state index contributed by atoms with van der Waals surface area (Å²) in [5, 5.41) is 11.5. The van der Waals surface area contributed by atoms with Crippen molar-refractivity contribution in [1.29, 1.82) is 0 Å². The minimum absolute atomic E-state index is 0.153. The number of aromatic nitrogens is 1. The van der Waals surface area contributed by atoms with Crippen molar-refractivity contribution in [3.05, 3.63) is 68.0 Å². The van der Waals surface area contributed by atoms with E-state index < -0.39 is 10.8 Å². The van der Waals surface area contributed by atoms with Crippen LogP contribution in [0.4, 0.5) is 5.69 Å². The van der Waals surface area contributed by atoms with E-state index in [9.17, 15) is 14.9 Å². The molecule has 1 heterocycles. The van der Waals surface area contributed by atoms with Gasteiger partial charge in [0.05, 0.1) is 26.8 Å². The van der Waals surface area contributed by atoms with Gasteiger partial charge < -0.3 is 9.30 Å². The Morgan fingerprint density at radius 2 is 2.11 bits per heavy atom. The van der Waals surface area contributed by atoms with Gasteiger partial charge in [-0.15, -0.1) is 0 Å². The first-order chi connectivity index (χ1) is 13.0. The van der Waals surface area contributed by atoms with Gasteiger partial charge >= 0.3 is 0 Å². The summed E-state index contributed by atoms with van der Waals surface area (Å²) >= 11 is 7.67. The first-order valence-corrected chi connectivity index (χ1v) is 9.40. The third-order valence-corrected chi connectivity index (χ3v) is 5.16. The Morgan fingerprint density at radius 1 is 1.33 bits per heavy atom. The number of thiazole rings is 1. The van der Waals surface area contributed by atoms with Crippen LogP contribution in [0.3, 0.4) is 0 Å². The second-order valence-corrected chi connectivity index (χ2v) is 6.96. The highest BCUT2D eigenvalue weighted by Crippen LogP contribution is 2.25. The van der Waals surface area contributed by atoms with E-state index in [-0.39, 0.29) is 11.3 Å². The first-order valence-electron chi connectivity index (χ1n) is 8.20. The Labute approximate surface area is 163 Å². The lowest BCUT2D eigenvalue weighted by atomic mass is 10.2. The molecule has 0 N–H and O–H groups in total. The van der Waals surface area contributed by atoms with Crippen LogP contribution in [-0.4, -0.2) is 28.6 Å². The summed E-state index contributed by atoms with van der Waals surface area (Å²) in [4.78, 5) is 27.6. The third-order valence-electron chi connectivity index (χ3n) is 3.82. The summed E-state index contributed by atoms with van der Waals surface area (Å²) < 4.78 is 8.16. The number of rotatable bonds is 6. The van der Waals surface area contributed by atoms with Gasteiger partial charge in [-0.1, -0.05) is 35.1 Å². The molecule has 0 saturated heterocycles. The van der Waals surface area contributed by atoms with Crippen LogP contribution in [0.2, 0.25) is 5.02 Å². The van der Waals surface area contributed by atoms with Crippen LogP contribution in [0, 0.1) is 10.1 Å². The molecule has 3 aromatic rings. The van der Waals surface area contributed by atoms with Crippen molar-refractivity contribution in [2.45, 2.75) is 13.5 Å². The average Bonchev–Trinajstić information content (AvgIpc) is 3.00. The van der Waals surface area contributed by atoms with Crippen molar-refractivity contribution >= 4 is 44.7 Å². The van der Waals surface area contributed by atoms with Crippen molar-refractivity contribution < 1.29 is 14.5 Å². The molecule has 140 valence electrons. The Hall–Kier alpha value is -2.55. The number of amides is 1. The van der Waals surface area contributed by atoms with Crippen LogP contribution >= 0.6 is 22.9 Å². The molecule has 0 atom stereocenters. The standard InChI is InChI=1S/C18H16ClN3O4S/c1-2-26-10-9-21-16-14(19)7-4-8-15(16)27-18(21)20-17(23)12-5-3-6-13(11-12)22(24)25/h3-8,11H,2,9-10H2,1H3. The smallest absolute Gasteiger partial charge is 0.279 e. The molecule has 0 spiro atoms. The Morgan fingerprint density at radius 3 is 2.85 bits per heavy atom. The third kappa shape index (κ3) is 4.24. The summed E-state index contributed by atoms with van der Waals surface area (Å²) in [5.74, 6) is -0.550. The van der Waals surface area contributed by atoms with Crippen molar-refractivity contribution in [2.75, 3.05) is 13.2 Å². The van der Waals surface area contributed by atoms with Gasteiger partial charge in [-0.3, -0.25) is 14.9 Å². The van der Waals surface area contributed by atoms with Crippen LogP contribution in [0.25, 0.3) is 10.2 Å². The molecule has 3 rings (SSSR count). The van der Waals surface area contributed by atoms with Crippen LogP contribution < -0.4 is 4.80 Å². The van der Waals surface area contributed by atoms with Crippen molar-refractivity contribution in [1.82, 2.24) is 4.57 Å². The molecular formula is C18H16ClN3O4S. The molecule has 1 aromatic heterocycles. The van der Waals surface area contributed by atoms with Gasteiger partial charge in [0.2, 0.25) is 0 Å². The number of nitro groups is 1. The van der Waals surface area contributed by atoms with Gasteiger partial charge in [-0.05, 0) is 25.1 Å². The SMILES string of the molecule is CCOCCn1c(=NC(=O)c2cccc([N+](=O)[O-])c2)sc2cccc(Cl)c21. The molecule has 0 unspecified atom stereocenters. The fourth-order valence-electron chi connectivity index (χ4n) is 2.58. The fourth-order valence-corrected chi connectivity index (χ4v) is 4.00. The summed E-state index contributed by atoms with van der Waals surface area (Å²) in [7, 11) is 0. The lowest BCUT2D eigenvalue weighted by Gasteiger charge is -2.06. The number of para-hydroxylation sites is 1. The van der Waals surface area contributed by atoms with Gasteiger partial charge in [-0.25, -0.2) is 0 Å². The second kappa shape index (κ2) is 8.43. The monoisotopic (exact) mass is 405 g/mol. The van der Waals surface area contributed by atoms with E-state index in [1.54, 1.807) is 6.07 Å². The zero-order valence-corrected chi connectivity index (χ0v) is 16.0. The second-order valence-electron chi connectivity index (χ2n) is 5.54. The Bertz CT molecular complexity index is 1070. The number of benzene rings is 2. The lowest BCUT2D eigenvalue weighted by Crippen LogP contribution is -2.20. The number of hydrogen-bond donors (Lipinski definition) is 0. The molecule has 0 aliphatic carbocycles. The van der Waals surface area contributed by atoms with E-state index in [0.717, 1.165) is 10.2 Å². The minimum atomic E-state index is -0.550. The van der Waals surface area contributed by atoms with Crippen LogP contribution in [0.5, 0.6) is 0 Å². The molecular weight excluding hydrogens is 390 g/mol. The summed E-state index contributed by atoms with van der Waals surface area (Å²) in [6, 6.07) is 11.0. The summed E-state index contributed by atoms with van der Waals surface area (Å²) in [6.07, 6.45) is 0. The predicted octanol–water partition coefficient (Wildman–Crippen LogP) is 4.04.